The third kappa shape index (κ3) is 6.87. The van der Waals surface area contributed by atoms with Gasteiger partial charge in [0.1, 0.15) is 6.04 Å². The number of hydrogen-bond acceptors (Lipinski definition) is 4. The summed E-state index contributed by atoms with van der Waals surface area (Å²) in [4.78, 5) is 29.2. The van der Waals surface area contributed by atoms with E-state index in [0.717, 1.165) is 23.3 Å². The van der Waals surface area contributed by atoms with Gasteiger partial charge in [0.2, 0.25) is 5.91 Å². The molecule has 0 spiro atoms. The number of alkyl halides is 3. The fourth-order valence-corrected chi connectivity index (χ4v) is 4.67. The second-order valence-corrected chi connectivity index (χ2v) is 10.4. The summed E-state index contributed by atoms with van der Waals surface area (Å²) in [5.41, 5.74) is 8.86. The SMILES string of the molecule is NC(=O)[C@H](Cc1ccc(C(F)(F)F)cc1)NC(=O)c1ccc(-c2cc(-c3cccnc3)nn2-c2ccc(Cl)c(Cl)c2)cc1. The van der Waals surface area contributed by atoms with Crippen LogP contribution in [0.2, 0.25) is 10.0 Å². The summed E-state index contributed by atoms with van der Waals surface area (Å²) in [6.07, 6.45) is -1.20. The van der Waals surface area contributed by atoms with Crippen LogP contribution < -0.4 is 11.1 Å². The lowest BCUT2D eigenvalue weighted by Crippen LogP contribution is -2.45. The predicted molar refractivity (Wildman–Crippen MR) is 158 cm³/mol. The van der Waals surface area contributed by atoms with Gasteiger partial charge in [-0.3, -0.25) is 14.6 Å². The highest BCUT2D eigenvalue weighted by Crippen LogP contribution is 2.32. The number of hydrogen-bond donors (Lipinski definition) is 2. The van der Waals surface area contributed by atoms with Gasteiger partial charge in [-0.1, -0.05) is 47.5 Å². The van der Waals surface area contributed by atoms with E-state index in [4.69, 9.17) is 34.0 Å². The zero-order valence-corrected chi connectivity index (χ0v) is 23.7. The maximum Gasteiger partial charge on any atom is 0.416 e. The first-order valence-electron chi connectivity index (χ1n) is 12.8. The molecule has 2 heterocycles. The summed E-state index contributed by atoms with van der Waals surface area (Å²) in [6, 6.07) is 20.5. The molecule has 43 heavy (non-hydrogen) atoms. The van der Waals surface area contributed by atoms with E-state index in [0.29, 0.717) is 32.7 Å². The van der Waals surface area contributed by atoms with E-state index >= 15 is 0 Å². The normalized spacial score (nSPS) is 12.1. The number of primary amides is 1. The number of rotatable bonds is 8. The molecule has 0 aliphatic heterocycles. The van der Waals surface area contributed by atoms with Crippen molar-refractivity contribution in [3.05, 3.63) is 124 Å². The number of benzene rings is 3. The van der Waals surface area contributed by atoms with Crippen LogP contribution in [0.1, 0.15) is 21.5 Å². The Bertz CT molecular complexity index is 1770. The minimum atomic E-state index is -4.48. The number of pyridine rings is 1. The third-order valence-electron chi connectivity index (χ3n) is 6.63. The highest BCUT2D eigenvalue weighted by atomic mass is 35.5. The molecule has 3 aromatic carbocycles. The number of carbonyl (C=O) groups is 2. The average molecular weight is 624 g/mol. The van der Waals surface area contributed by atoms with E-state index in [1.54, 1.807) is 65.6 Å². The molecule has 1 atom stereocenters. The van der Waals surface area contributed by atoms with Crippen LogP contribution in [-0.4, -0.2) is 32.6 Å². The summed E-state index contributed by atoms with van der Waals surface area (Å²) >= 11 is 12.4. The molecule has 0 saturated carbocycles. The summed E-state index contributed by atoms with van der Waals surface area (Å²) < 4.78 is 40.3. The van der Waals surface area contributed by atoms with Crippen LogP contribution in [0.5, 0.6) is 0 Å². The highest BCUT2D eigenvalue weighted by molar-refractivity contribution is 6.42. The van der Waals surface area contributed by atoms with Crippen LogP contribution in [0, 0.1) is 0 Å². The van der Waals surface area contributed by atoms with Gasteiger partial charge in [-0.15, -0.1) is 0 Å². The van der Waals surface area contributed by atoms with Gasteiger partial charge in [0.05, 0.1) is 32.7 Å². The number of nitrogens with zero attached hydrogens (tertiary/aromatic N) is 3. The van der Waals surface area contributed by atoms with Crippen molar-refractivity contribution in [2.75, 3.05) is 0 Å². The maximum absolute atomic E-state index is 13.0. The second kappa shape index (κ2) is 12.3. The Hall–Kier alpha value is -4.67. The largest absolute Gasteiger partial charge is 0.416 e. The fraction of sp³-hybridized carbons (Fsp3) is 0.0968. The Morgan fingerprint density at radius 3 is 2.23 bits per heavy atom. The minimum absolute atomic E-state index is 0.0722. The number of aromatic nitrogens is 3. The van der Waals surface area contributed by atoms with Crippen molar-refractivity contribution < 1.29 is 22.8 Å². The van der Waals surface area contributed by atoms with Crippen molar-refractivity contribution in [2.45, 2.75) is 18.6 Å². The fourth-order valence-electron chi connectivity index (χ4n) is 4.38. The monoisotopic (exact) mass is 623 g/mol. The highest BCUT2D eigenvalue weighted by Gasteiger charge is 2.30. The summed E-state index contributed by atoms with van der Waals surface area (Å²) in [5.74, 6) is -1.39. The van der Waals surface area contributed by atoms with Gasteiger partial charge in [0.25, 0.3) is 5.91 Å². The molecule has 0 unspecified atom stereocenters. The lowest BCUT2D eigenvalue weighted by molar-refractivity contribution is -0.137. The molecule has 3 N–H and O–H groups in total. The van der Waals surface area contributed by atoms with Crippen LogP contribution in [-0.2, 0) is 17.4 Å². The molecule has 0 radical (unpaired) electrons. The van der Waals surface area contributed by atoms with Gasteiger partial charge in [-0.25, -0.2) is 4.68 Å². The van der Waals surface area contributed by atoms with Crippen LogP contribution in [0.15, 0.2) is 97.3 Å². The van der Waals surface area contributed by atoms with Gasteiger partial charge in [-0.05, 0) is 66.2 Å². The molecule has 0 aliphatic carbocycles. The van der Waals surface area contributed by atoms with E-state index in [2.05, 4.69) is 10.3 Å². The summed E-state index contributed by atoms with van der Waals surface area (Å²) in [6.45, 7) is 0. The molecule has 5 rings (SSSR count). The zero-order chi connectivity index (χ0) is 30.7. The predicted octanol–water partition coefficient (Wildman–Crippen LogP) is 6.75. The Balaban J connectivity index is 1.39. The van der Waals surface area contributed by atoms with Crippen molar-refractivity contribution in [3.8, 4) is 28.2 Å². The molecular formula is C31H22Cl2F3N5O2. The first-order chi connectivity index (χ1) is 20.5. The lowest BCUT2D eigenvalue weighted by Gasteiger charge is -2.16. The molecule has 5 aromatic rings. The second-order valence-electron chi connectivity index (χ2n) is 9.57. The van der Waals surface area contributed by atoms with Gasteiger partial charge in [-0.2, -0.15) is 18.3 Å². The summed E-state index contributed by atoms with van der Waals surface area (Å²) in [5, 5.41) is 8.08. The van der Waals surface area contributed by atoms with Crippen LogP contribution >= 0.6 is 23.2 Å². The Morgan fingerprint density at radius 2 is 1.63 bits per heavy atom. The number of amides is 2. The quantitative estimate of drug-likeness (QED) is 0.199. The lowest BCUT2D eigenvalue weighted by atomic mass is 10.0. The van der Waals surface area contributed by atoms with Gasteiger partial charge in [0, 0.05) is 35.5 Å². The number of nitrogens with two attached hydrogens (primary N) is 1. The maximum atomic E-state index is 13.0. The van der Waals surface area contributed by atoms with Crippen LogP contribution in [0.4, 0.5) is 13.2 Å². The van der Waals surface area contributed by atoms with E-state index in [1.165, 1.54) is 12.1 Å². The standard InChI is InChI=1S/C31H22Cl2F3N5O2/c32-24-12-11-23(15-25(24)33)41-28(16-26(40-41)21-2-1-13-38-17-21)19-5-7-20(8-6-19)30(43)39-27(29(37)42)14-18-3-9-22(10-4-18)31(34,35)36/h1-13,15-17,27H,14H2,(H2,37,42)(H,39,43)/t27-/m0/s1. The number of nitrogens with one attached hydrogen (secondary N) is 1. The van der Waals surface area contributed by atoms with Gasteiger partial charge < -0.3 is 11.1 Å². The molecular weight excluding hydrogens is 602 g/mol. The van der Waals surface area contributed by atoms with Crippen molar-refractivity contribution in [1.82, 2.24) is 20.1 Å². The molecule has 0 aliphatic rings. The Morgan fingerprint density at radius 1 is 0.907 bits per heavy atom. The molecule has 7 nitrogen and oxygen atoms in total. The smallest absolute Gasteiger partial charge is 0.368 e. The molecule has 0 bridgehead atoms. The Kier molecular flexibility index (Phi) is 8.52. The van der Waals surface area contributed by atoms with Crippen LogP contribution in [0.3, 0.4) is 0 Å². The summed E-state index contributed by atoms with van der Waals surface area (Å²) in [7, 11) is 0. The van der Waals surface area contributed by atoms with Gasteiger partial charge in [0.15, 0.2) is 0 Å². The van der Waals surface area contributed by atoms with E-state index in [9.17, 15) is 22.8 Å². The molecule has 218 valence electrons. The van der Waals surface area contributed by atoms with Crippen molar-refractivity contribution in [1.29, 1.82) is 0 Å². The molecule has 0 saturated heterocycles. The number of halogens is 5. The molecule has 0 fully saturated rings. The van der Waals surface area contributed by atoms with Crippen molar-refractivity contribution in [3.63, 3.8) is 0 Å². The van der Waals surface area contributed by atoms with E-state index in [1.807, 2.05) is 12.1 Å². The van der Waals surface area contributed by atoms with Crippen molar-refractivity contribution >= 4 is 35.0 Å². The van der Waals surface area contributed by atoms with E-state index < -0.39 is 29.6 Å². The minimum Gasteiger partial charge on any atom is -0.368 e. The average Bonchev–Trinajstić information content (AvgIpc) is 3.44. The first kappa shape index (κ1) is 29.8. The topological polar surface area (TPSA) is 103 Å². The first-order valence-corrected chi connectivity index (χ1v) is 13.6. The van der Waals surface area contributed by atoms with Crippen molar-refractivity contribution in [2.24, 2.45) is 5.73 Å². The third-order valence-corrected chi connectivity index (χ3v) is 7.37. The van der Waals surface area contributed by atoms with Gasteiger partial charge >= 0.3 is 6.18 Å². The molecule has 2 amide bonds. The molecule has 12 heteroatoms. The zero-order valence-electron chi connectivity index (χ0n) is 22.1. The van der Waals surface area contributed by atoms with Crippen LogP contribution in [0.25, 0.3) is 28.2 Å². The van der Waals surface area contributed by atoms with E-state index in [-0.39, 0.29) is 12.0 Å². The number of carbonyl (C=O) groups excluding carboxylic acids is 2. The Labute approximate surface area is 254 Å². The molecule has 2 aromatic heterocycles.